The van der Waals surface area contributed by atoms with Crippen molar-refractivity contribution in [3.63, 3.8) is 0 Å². The average Bonchev–Trinajstić information content (AvgIpc) is 3.41. The summed E-state index contributed by atoms with van der Waals surface area (Å²) < 4.78 is 40.2. The van der Waals surface area contributed by atoms with E-state index in [0.29, 0.717) is 11.2 Å². The van der Waals surface area contributed by atoms with E-state index in [2.05, 4.69) is 4.72 Å². The summed E-state index contributed by atoms with van der Waals surface area (Å²) in [4.78, 5) is 16.1. The number of benzene rings is 3. The van der Waals surface area contributed by atoms with Crippen LogP contribution in [-0.2, 0) is 14.8 Å². The van der Waals surface area contributed by atoms with Gasteiger partial charge in [0.15, 0.2) is 0 Å². The van der Waals surface area contributed by atoms with Crippen molar-refractivity contribution in [2.75, 3.05) is 7.11 Å². The van der Waals surface area contributed by atoms with Gasteiger partial charge < -0.3 is 14.3 Å². The minimum absolute atomic E-state index is 0.0590. The monoisotopic (exact) mass is 510 g/mol. The fourth-order valence-corrected chi connectivity index (χ4v) is 6.26. The number of furan rings is 1. The molecule has 180 valence electrons. The second kappa shape index (κ2) is 8.63. The standard InChI is InChI=1S/C25H22N2O6S2/c1-13(2)23(25(28)29)27-35(30,31)16-6-7-17-18-10-14(4-9-20(18)33-21(17)12-16)24-26-19-8-5-15(32-3)11-22(19)34-24/h4-13,23,27H,1-3H3,(H,28,29)/t23-/m0/s1. The van der Waals surface area contributed by atoms with Crippen molar-refractivity contribution in [3.05, 3.63) is 54.6 Å². The molecule has 2 aromatic heterocycles. The summed E-state index contributed by atoms with van der Waals surface area (Å²) in [7, 11) is -2.43. The molecule has 0 aliphatic carbocycles. The van der Waals surface area contributed by atoms with Crippen molar-refractivity contribution >= 4 is 59.5 Å². The molecule has 0 unspecified atom stereocenters. The number of carboxylic acid groups (broad SMARTS) is 1. The number of hydrogen-bond donors (Lipinski definition) is 2. The molecule has 0 amide bonds. The Morgan fingerprint density at radius 3 is 2.57 bits per heavy atom. The van der Waals surface area contributed by atoms with Gasteiger partial charge in [-0.05, 0) is 54.4 Å². The van der Waals surface area contributed by atoms with Gasteiger partial charge in [0.1, 0.15) is 28.0 Å². The summed E-state index contributed by atoms with van der Waals surface area (Å²) in [6.07, 6.45) is 0. The summed E-state index contributed by atoms with van der Waals surface area (Å²) in [5.41, 5.74) is 2.80. The van der Waals surface area contributed by atoms with Gasteiger partial charge in [-0.1, -0.05) is 13.8 Å². The highest BCUT2D eigenvalue weighted by molar-refractivity contribution is 7.89. The molecule has 0 saturated carbocycles. The van der Waals surface area contributed by atoms with Gasteiger partial charge in [0, 0.05) is 22.4 Å². The summed E-state index contributed by atoms with van der Waals surface area (Å²) >= 11 is 1.56. The van der Waals surface area contributed by atoms with Gasteiger partial charge in [0.05, 0.1) is 22.2 Å². The third-order valence-electron chi connectivity index (χ3n) is 5.81. The van der Waals surface area contributed by atoms with Crippen molar-refractivity contribution in [1.82, 2.24) is 9.71 Å². The zero-order valence-electron chi connectivity index (χ0n) is 19.1. The quantitative estimate of drug-likeness (QED) is 0.307. The molecular formula is C25H22N2O6S2. The van der Waals surface area contributed by atoms with Crippen LogP contribution in [-0.4, -0.2) is 37.6 Å². The van der Waals surface area contributed by atoms with Crippen LogP contribution in [0.15, 0.2) is 63.9 Å². The largest absolute Gasteiger partial charge is 0.497 e. The molecular weight excluding hydrogens is 488 g/mol. The predicted octanol–water partition coefficient (Wildman–Crippen LogP) is 5.26. The van der Waals surface area contributed by atoms with Crippen LogP contribution in [0.5, 0.6) is 5.75 Å². The van der Waals surface area contributed by atoms with Crippen LogP contribution in [0.3, 0.4) is 0 Å². The molecule has 2 N–H and O–H groups in total. The molecule has 0 saturated heterocycles. The fourth-order valence-electron chi connectivity index (χ4n) is 3.92. The third kappa shape index (κ3) is 4.24. The second-order valence-electron chi connectivity index (χ2n) is 8.50. The first-order chi connectivity index (χ1) is 16.7. The number of ether oxygens (including phenoxy) is 1. The lowest BCUT2D eigenvalue weighted by atomic mass is 10.1. The summed E-state index contributed by atoms with van der Waals surface area (Å²) in [6.45, 7) is 3.28. The first-order valence-electron chi connectivity index (χ1n) is 10.8. The van der Waals surface area contributed by atoms with Gasteiger partial charge in [0.25, 0.3) is 0 Å². The second-order valence-corrected chi connectivity index (χ2v) is 11.2. The number of nitrogens with zero attached hydrogens (tertiary/aromatic N) is 1. The molecule has 2 heterocycles. The van der Waals surface area contributed by atoms with Gasteiger partial charge in [-0.15, -0.1) is 11.3 Å². The highest BCUT2D eigenvalue weighted by Gasteiger charge is 2.28. The van der Waals surface area contributed by atoms with E-state index in [-0.39, 0.29) is 4.90 Å². The maximum atomic E-state index is 12.8. The van der Waals surface area contributed by atoms with Crippen molar-refractivity contribution in [2.24, 2.45) is 5.92 Å². The minimum Gasteiger partial charge on any atom is -0.497 e. The number of nitrogens with one attached hydrogen (secondary N) is 1. The Hall–Kier alpha value is -3.47. The third-order valence-corrected chi connectivity index (χ3v) is 8.32. The summed E-state index contributed by atoms with van der Waals surface area (Å²) in [5, 5.41) is 11.8. The Bertz CT molecular complexity index is 1700. The number of hydrogen-bond acceptors (Lipinski definition) is 7. The molecule has 1 atom stereocenters. The average molecular weight is 511 g/mol. The van der Waals surface area contributed by atoms with Crippen LogP contribution in [0.1, 0.15) is 13.8 Å². The molecule has 5 aromatic rings. The Labute approximate surface area is 205 Å². The van der Waals surface area contributed by atoms with E-state index < -0.39 is 28.0 Å². The van der Waals surface area contributed by atoms with E-state index in [1.807, 2.05) is 36.4 Å². The minimum atomic E-state index is -4.06. The van der Waals surface area contributed by atoms with E-state index in [4.69, 9.17) is 14.1 Å². The molecule has 8 nitrogen and oxygen atoms in total. The van der Waals surface area contributed by atoms with Gasteiger partial charge in [0.2, 0.25) is 10.0 Å². The molecule has 0 aliphatic heterocycles. The zero-order valence-corrected chi connectivity index (χ0v) is 20.7. The normalized spacial score (nSPS) is 13.1. The highest BCUT2D eigenvalue weighted by Crippen LogP contribution is 2.37. The Morgan fingerprint density at radius 2 is 1.86 bits per heavy atom. The van der Waals surface area contributed by atoms with Gasteiger partial charge in [-0.2, -0.15) is 4.72 Å². The van der Waals surface area contributed by atoms with E-state index in [0.717, 1.165) is 37.3 Å². The van der Waals surface area contributed by atoms with Crippen molar-refractivity contribution in [1.29, 1.82) is 0 Å². The first kappa shape index (κ1) is 23.3. The maximum absolute atomic E-state index is 12.8. The molecule has 35 heavy (non-hydrogen) atoms. The highest BCUT2D eigenvalue weighted by atomic mass is 32.2. The molecule has 3 aromatic carbocycles. The number of fused-ring (bicyclic) bond motifs is 4. The topological polar surface area (TPSA) is 119 Å². The zero-order chi connectivity index (χ0) is 24.9. The number of thiazole rings is 1. The lowest BCUT2D eigenvalue weighted by molar-refractivity contribution is -0.140. The lowest BCUT2D eigenvalue weighted by Crippen LogP contribution is -2.44. The summed E-state index contributed by atoms with van der Waals surface area (Å²) in [6, 6.07) is 14.8. The summed E-state index contributed by atoms with van der Waals surface area (Å²) in [5.74, 6) is -0.874. The fraction of sp³-hybridized carbons (Fsp3) is 0.200. The number of rotatable bonds is 7. The number of aromatic nitrogens is 1. The molecule has 0 spiro atoms. The number of sulfonamides is 1. The van der Waals surface area contributed by atoms with E-state index >= 15 is 0 Å². The van der Waals surface area contributed by atoms with Crippen LogP contribution in [0.2, 0.25) is 0 Å². The smallest absolute Gasteiger partial charge is 0.322 e. The van der Waals surface area contributed by atoms with Crippen molar-refractivity contribution in [3.8, 4) is 16.3 Å². The van der Waals surface area contributed by atoms with Crippen LogP contribution >= 0.6 is 11.3 Å². The lowest BCUT2D eigenvalue weighted by Gasteiger charge is -2.17. The maximum Gasteiger partial charge on any atom is 0.322 e. The van der Waals surface area contributed by atoms with Crippen LogP contribution < -0.4 is 9.46 Å². The van der Waals surface area contributed by atoms with Gasteiger partial charge in [-0.3, -0.25) is 4.79 Å². The number of carboxylic acids is 1. The SMILES string of the molecule is COc1ccc2nc(-c3ccc4oc5cc(S(=O)(=O)N[C@H](C(=O)O)C(C)C)ccc5c4c3)sc2c1. The molecule has 10 heteroatoms. The van der Waals surface area contributed by atoms with Crippen LogP contribution in [0.25, 0.3) is 42.7 Å². The van der Waals surface area contributed by atoms with Crippen molar-refractivity contribution in [2.45, 2.75) is 24.8 Å². The molecule has 0 fully saturated rings. The van der Waals surface area contributed by atoms with Crippen LogP contribution in [0.4, 0.5) is 0 Å². The molecule has 0 aliphatic rings. The van der Waals surface area contributed by atoms with E-state index in [1.165, 1.54) is 12.1 Å². The van der Waals surface area contributed by atoms with E-state index in [9.17, 15) is 18.3 Å². The van der Waals surface area contributed by atoms with Crippen molar-refractivity contribution < 1.29 is 27.5 Å². The van der Waals surface area contributed by atoms with Crippen LogP contribution in [0, 0.1) is 5.92 Å². The molecule has 0 bridgehead atoms. The number of methoxy groups -OCH3 is 1. The van der Waals surface area contributed by atoms with Gasteiger partial charge >= 0.3 is 5.97 Å². The van der Waals surface area contributed by atoms with E-state index in [1.54, 1.807) is 38.4 Å². The molecule has 5 rings (SSSR count). The number of aliphatic carboxylic acids is 1. The number of carbonyl (C=O) groups is 1. The predicted molar refractivity (Wildman–Crippen MR) is 135 cm³/mol. The Balaban J connectivity index is 1.54. The Morgan fingerprint density at radius 1 is 1.06 bits per heavy atom. The Kier molecular flexibility index (Phi) is 5.74. The first-order valence-corrected chi connectivity index (χ1v) is 13.1. The van der Waals surface area contributed by atoms with Gasteiger partial charge in [-0.25, -0.2) is 13.4 Å². The molecule has 0 radical (unpaired) electrons.